The van der Waals surface area contributed by atoms with Crippen LogP contribution in [-0.2, 0) is 24.0 Å². The summed E-state index contributed by atoms with van der Waals surface area (Å²) in [4.78, 5) is 45.2. The van der Waals surface area contributed by atoms with E-state index in [9.17, 15) is 14.4 Å². The number of esters is 1. The van der Waals surface area contributed by atoms with Gasteiger partial charge in [0.2, 0.25) is 0 Å². The predicted molar refractivity (Wildman–Crippen MR) is 159 cm³/mol. The largest absolute Gasteiger partial charge is 0.462 e. The van der Waals surface area contributed by atoms with E-state index >= 15 is 0 Å². The molecule has 9 atom stereocenters. The highest BCUT2D eigenvalue weighted by atomic mass is 16.7. The van der Waals surface area contributed by atoms with Crippen LogP contribution in [0.3, 0.4) is 0 Å². The van der Waals surface area contributed by atoms with E-state index in [1.54, 1.807) is 6.92 Å². The zero-order valence-electron chi connectivity index (χ0n) is 27.0. The van der Waals surface area contributed by atoms with Crippen LogP contribution >= 0.6 is 0 Å². The van der Waals surface area contributed by atoms with E-state index in [2.05, 4.69) is 66.6 Å². The molecule has 0 heterocycles. The second-order valence-corrected chi connectivity index (χ2v) is 16.4. The maximum atomic E-state index is 14.5. The molecule has 0 saturated heterocycles. The number of hydrogen-bond donors (Lipinski definition) is 1. The number of hydrogen-bond acceptors (Lipinski definition) is 5. The molecule has 5 aliphatic carbocycles. The summed E-state index contributed by atoms with van der Waals surface area (Å²) in [6.45, 7) is 23.1. The van der Waals surface area contributed by atoms with Crippen molar-refractivity contribution in [2.75, 3.05) is 0 Å². The van der Waals surface area contributed by atoms with E-state index in [4.69, 9.17) is 9.57 Å². The molecule has 0 aromatic rings. The number of carbonyl (C=O) groups is 3. The summed E-state index contributed by atoms with van der Waals surface area (Å²) >= 11 is 0. The monoisotopic (exact) mass is 567 g/mol. The van der Waals surface area contributed by atoms with Crippen molar-refractivity contribution in [2.24, 2.45) is 50.2 Å². The van der Waals surface area contributed by atoms with Crippen molar-refractivity contribution < 1.29 is 24.0 Å². The summed E-state index contributed by atoms with van der Waals surface area (Å²) in [6.07, 6.45) is 10.3. The molecule has 5 aliphatic rings. The first kappa shape index (κ1) is 30.4. The molecular formula is C35H53NO5. The van der Waals surface area contributed by atoms with Crippen LogP contribution in [0.15, 0.2) is 24.0 Å². The van der Waals surface area contributed by atoms with Crippen LogP contribution in [0.2, 0.25) is 0 Å². The lowest BCUT2D eigenvalue weighted by Crippen LogP contribution is -2.66. The lowest BCUT2D eigenvalue weighted by molar-refractivity contribution is -0.210. The van der Waals surface area contributed by atoms with Gasteiger partial charge in [0.15, 0.2) is 5.78 Å². The van der Waals surface area contributed by atoms with Gasteiger partial charge in [0.1, 0.15) is 11.9 Å². The Bertz CT molecular complexity index is 1200. The standard InChI is InChI=1S/C35H53NO5/c1-21(2)41-36-29(39)32(7)16-15-31(6)17-18-34(9)23(24(31)20-32)19-25(38)28-33(8)13-12-27(40-22(3)37)30(4,5)26(33)11-14-35(28,34)10/h19,24,26-28H,1,11-18,20H2,2-10H3,(H,36,39)/t24?,26?,27-,28?,31+,32-,33-,34+,35+/m0/s1. The fourth-order valence-corrected chi connectivity index (χ4v) is 11.0. The molecule has 0 bridgehead atoms. The minimum Gasteiger partial charge on any atom is -0.462 e. The summed E-state index contributed by atoms with van der Waals surface area (Å²) in [7, 11) is 0. The third-order valence-corrected chi connectivity index (χ3v) is 13.7. The summed E-state index contributed by atoms with van der Waals surface area (Å²) in [5, 5.41) is 0. The van der Waals surface area contributed by atoms with E-state index < -0.39 is 5.41 Å². The Labute approximate surface area is 247 Å². The number of ether oxygens (including phenoxy) is 1. The van der Waals surface area contributed by atoms with Gasteiger partial charge < -0.3 is 9.57 Å². The van der Waals surface area contributed by atoms with Crippen LogP contribution in [0, 0.1) is 50.2 Å². The number of rotatable bonds is 4. The summed E-state index contributed by atoms with van der Waals surface area (Å²) < 4.78 is 5.85. The lowest BCUT2D eigenvalue weighted by Gasteiger charge is -2.70. The second kappa shape index (κ2) is 9.44. The number of amides is 1. The molecule has 1 amide bonds. The van der Waals surface area contributed by atoms with Crippen molar-refractivity contribution in [1.82, 2.24) is 5.48 Å². The van der Waals surface area contributed by atoms with Gasteiger partial charge in [-0.05, 0) is 104 Å². The smallest absolute Gasteiger partial charge is 0.302 e. The van der Waals surface area contributed by atoms with Gasteiger partial charge in [0.25, 0.3) is 5.91 Å². The average Bonchev–Trinajstić information content (AvgIpc) is 2.86. The number of nitrogens with one attached hydrogen (secondary N) is 1. The molecule has 1 N–H and O–H groups in total. The number of fused-ring (bicyclic) bond motifs is 7. The molecule has 5 rings (SSSR count). The van der Waals surface area contributed by atoms with Crippen molar-refractivity contribution in [1.29, 1.82) is 0 Å². The number of allylic oxidation sites excluding steroid dienone is 3. The lowest BCUT2D eigenvalue weighted by atomic mass is 9.33. The van der Waals surface area contributed by atoms with Gasteiger partial charge in [-0.2, -0.15) is 5.48 Å². The molecule has 6 nitrogen and oxygen atoms in total. The number of ketones is 1. The van der Waals surface area contributed by atoms with E-state index in [1.165, 1.54) is 12.5 Å². The summed E-state index contributed by atoms with van der Waals surface area (Å²) in [6, 6.07) is 0. The quantitative estimate of drug-likeness (QED) is 0.216. The molecule has 6 heteroatoms. The Balaban J connectivity index is 1.52. The Hall–Kier alpha value is -2.11. The van der Waals surface area contributed by atoms with Crippen molar-refractivity contribution in [2.45, 2.75) is 126 Å². The number of hydroxylamine groups is 1. The molecule has 0 aromatic carbocycles. The highest BCUT2D eigenvalue weighted by Gasteiger charge is 2.70. The average molecular weight is 568 g/mol. The fourth-order valence-electron chi connectivity index (χ4n) is 11.0. The maximum absolute atomic E-state index is 14.5. The van der Waals surface area contributed by atoms with Crippen LogP contribution in [0.25, 0.3) is 0 Å². The van der Waals surface area contributed by atoms with Gasteiger partial charge in [-0.1, -0.05) is 60.6 Å². The third kappa shape index (κ3) is 4.27. The fraction of sp³-hybridized carbons (Fsp3) is 0.800. The summed E-state index contributed by atoms with van der Waals surface area (Å²) in [5.41, 5.74) is 2.83. The highest BCUT2D eigenvalue weighted by molar-refractivity contribution is 5.95. The normalized spacial score (nSPS) is 46.5. The zero-order chi connectivity index (χ0) is 30.4. The van der Waals surface area contributed by atoms with E-state index in [0.717, 1.165) is 57.8 Å². The van der Waals surface area contributed by atoms with E-state index in [0.29, 0.717) is 11.7 Å². The highest BCUT2D eigenvalue weighted by Crippen LogP contribution is 2.75. The maximum Gasteiger partial charge on any atom is 0.302 e. The molecule has 41 heavy (non-hydrogen) atoms. The first-order valence-electron chi connectivity index (χ1n) is 15.9. The molecule has 4 fully saturated rings. The third-order valence-electron chi connectivity index (χ3n) is 13.7. The van der Waals surface area contributed by atoms with Gasteiger partial charge in [0.05, 0.1) is 0 Å². The molecule has 0 spiro atoms. The molecule has 0 aliphatic heterocycles. The second-order valence-electron chi connectivity index (χ2n) is 16.4. The minimum absolute atomic E-state index is 0.0633. The zero-order valence-corrected chi connectivity index (χ0v) is 27.0. The molecule has 3 unspecified atom stereocenters. The first-order valence-corrected chi connectivity index (χ1v) is 15.9. The SMILES string of the molecule is C=C(C)ONC(=O)[C@@]1(C)CC[C@]2(C)CC[C@]3(C)C(=CC(=O)C4[C@@]5(C)CC[C@H](OC(C)=O)C(C)(C)C5CC[C@]43C)C2C1. The van der Waals surface area contributed by atoms with Crippen LogP contribution in [0.4, 0.5) is 0 Å². The van der Waals surface area contributed by atoms with Crippen molar-refractivity contribution >= 4 is 17.7 Å². The Morgan fingerprint density at radius 1 is 0.927 bits per heavy atom. The van der Waals surface area contributed by atoms with Gasteiger partial charge in [0, 0.05) is 23.7 Å². The van der Waals surface area contributed by atoms with Crippen molar-refractivity contribution in [3.05, 3.63) is 24.0 Å². The van der Waals surface area contributed by atoms with Crippen molar-refractivity contribution in [3.8, 4) is 0 Å². The Morgan fingerprint density at radius 3 is 2.22 bits per heavy atom. The Morgan fingerprint density at radius 2 is 1.59 bits per heavy atom. The molecule has 0 radical (unpaired) electrons. The Kier molecular flexibility index (Phi) is 6.99. The van der Waals surface area contributed by atoms with Crippen LogP contribution in [-0.4, -0.2) is 23.8 Å². The van der Waals surface area contributed by atoms with E-state index in [1.807, 2.05) is 0 Å². The summed E-state index contributed by atoms with van der Waals surface area (Å²) in [5.74, 6) is 0.845. The molecule has 0 aromatic heterocycles. The molecule has 4 saturated carbocycles. The van der Waals surface area contributed by atoms with E-state index in [-0.39, 0.29) is 62.7 Å². The molecule has 228 valence electrons. The van der Waals surface area contributed by atoms with Gasteiger partial charge in [-0.25, -0.2) is 0 Å². The number of carbonyl (C=O) groups excluding carboxylic acids is 3. The van der Waals surface area contributed by atoms with Crippen molar-refractivity contribution in [3.63, 3.8) is 0 Å². The minimum atomic E-state index is -0.567. The predicted octanol–water partition coefficient (Wildman–Crippen LogP) is 7.48. The van der Waals surface area contributed by atoms with Gasteiger partial charge in [-0.15, -0.1) is 0 Å². The topological polar surface area (TPSA) is 81.7 Å². The van der Waals surface area contributed by atoms with Gasteiger partial charge >= 0.3 is 5.97 Å². The van der Waals surface area contributed by atoms with Crippen LogP contribution in [0.1, 0.15) is 120 Å². The first-order chi connectivity index (χ1) is 18.8. The van der Waals surface area contributed by atoms with Gasteiger partial charge in [-0.3, -0.25) is 14.4 Å². The van der Waals surface area contributed by atoms with Crippen LogP contribution < -0.4 is 5.48 Å². The van der Waals surface area contributed by atoms with Crippen LogP contribution in [0.5, 0.6) is 0 Å². The molecular weight excluding hydrogens is 514 g/mol.